The van der Waals surface area contributed by atoms with Gasteiger partial charge in [0, 0.05) is 0 Å². The maximum absolute atomic E-state index is 2.29. The van der Waals surface area contributed by atoms with Crippen LogP contribution >= 0.6 is 48.0 Å². The molecule has 0 atom stereocenters. The van der Waals surface area contributed by atoms with E-state index in [-0.39, 0.29) is 48.0 Å². The molecule has 0 heterocycles. The molecule has 0 aliphatic carbocycles. The van der Waals surface area contributed by atoms with Crippen LogP contribution in [0.5, 0.6) is 0 Å². The van der Waals surface area contributed by atoms with E-state index in [1.165, 1.54) is 19.6 Å². The molecule has 4 heteroatoms. The first-order valence-electron chi connectivity index (χ1n) is 12.8. The van der Waals surface area contributed by atoms with E-state index in [0.29, 0.717) is 0 Å². The zero-order valence-corrected chi connectivity index (χ0v) is 33.6. The Balaban J connectivity index is 0.000000210. The molecule has 6 aromatic carbocycles. The number of halogens is 2. The quantitative estimate of drug-likeness (QED) is 0.150. The molecule has 40 heavy (non-hydrogen) atoms. The maximum atomic E-state index is 2.29. The molecule has 0 aliphatic heterocycles. The molecule has 200 valence electrons. The average Bonchev–Trinajstić information content (AvgIpc) is 3.01. The van der Waals surface area contributed by atoms with Gasteiger partial charge in [0.25, 0.3) is 0 Å². The number of benzene rings is 6. The molecular formula is C36H32Bi2I2. The molecule has 0 bridgehead atoms. The van der Waals surface area contributed by atoms with Gasteiger partial charge in [-0.05, 0) is 0 Å². The fraction of sp³-hybridized carbons (Fsp3) is 0. The third-order valence-corrected chi connectivity index (χ3v) is 25.1. The first kappa shape index (κ1) is 33.1. The molecule has 0 unspecified atom stereocenters. The topological polar surface area (TPSA) is 0 Å². The van der Waals surface area contributed by atoms with Crippen LogP contribution in [0.4, 0.5) is 0 Å². The second-order valence-corrected chi connectivity index (χ2v) is 25.9. The van der Waals surface area contributed by atoms with E-state index < -0.39 is 43.5 Å². The zero-order chi connectivity index (χ0) is 25.8. The summed E-state index contributed by atoms with van der Waals surface area (Å²) < 4.78 is 9.22. The van der Waals surface area contributed by atoms with Crippen molar-refractivity contribution in [3.05, 3.63) is 182 Å². The fourth-order valence-electron chi connectivity index (χ4n) is 4.36. The summed E-state index contributed by atoms with van der Waals surface area (Å²) in [6.07, 6.45) is 0. The van der Waals surface area contributed by atoms with Crippen molar-refractivity contribution in [2.24, 2.45) is 0 Å². The SMILES string of the molecule is I.I.c1cc[c]([Bi]([c]2ccccc2)[c]2ccccc2)cc1.c1cc[c]([Bi]([c]2ccccc2)[c]2ccccc2)cc1. The normalized spacial score (nSPS) is 10.1. The molecule has 0 radical (unpaired) electrons. The van der Waals surface area contributed by atoms with Crippen LogP contribution in [-0.4, -0.2) is 43.5 Å². The van der Waals surface area contributed by atoms with Crippen molar-refractivity contribution in [3.8, 4) is 0 Å². The van der Waals surface area contributed by atoms with Crippen molar-refractivity contribution in [1.29, 1.82) is 0 Å². The van der Waals surface area contributed by atoms with Crippen LogP contribution < -0.4 is 19.6 Å². The van der Waals surface area contributed by atoms with Gasteiger partial charge in [-0.2, -0.15) is 0 Å². The van der Waals surface area contributed by atoms with Crippen molar-refractivity contribution in [2.45, 2.75) is 0 Å². The molecule has 0 spiro atoms. The Morgan fingerprint density at radius 3 is 0.450 bits per heavy atom. The Labute approximate surface area is 289 Å². The number of hydrogen-bond donors (Lipinski definition) is 0. The Kier molecular flexibility index (Phi) is 15.0. The molecule has 0 nitrogen and oxygen atoms in total. The van der Waals surface area contributed by atoms with E-state index in [2.05, 4.69) is 182 Å². The van der Waals surface area contributed by atoms with E-state index in [1.807, 2.05) is 0 Å². The van der Waals surface area contributed by atoms with Gasteiger partial charge < -0.3 is 0 Å². The molecule has 0 aliphatic rings. The van der Waals surface area contributed by atoms with Crippen LogP contribution in [0.25, 0.3) is 0 Å². The van der Waals surface area contributed by atoms with E-state index in [1.54, 1.807) is 0 Å². The molecule has 0 fully saturated rings. The van der Waals surface area contributed by atoms with Gasteiger partial charge in [0.15, 0.2) is 0 Å². The van der Waals surface area contributed by atoms with Gasteiger partial charge in [-0.1, -0.05) is 0 Å². The van der Waals surface area contributed by atoms with Crippen LogP contribution in [0.2, 0.25) is 0 Å². The summed E-state index contributed by atoms with van der Waals surface area (Å²) in [7, 11) is 0. The number of rotatable bonds is 6. The molecule has 0 aromatic heterocycles. The molecule has 0 amide bonds. The van der Waals surface area contributed by atoms with Crippen LogP contribution in [0.1, 0.15) is 0 Å². The van der Waals surface area contributed by atoms with Gasteiger partial charge in [0.05, 0.1) is 0 Å². The number of hydrogen-bond acceptors (Lipinski definition) is 0. The van der Waals surface area contributed by atoms with E-state index in [4.69, 9.17) is 0 Å². The first-order chi connectivity index (χ1) is 18.9. The van der Waals surface area contributed by atoms with Gasteiger partial charge in [-0.3, -0.25) is 0 Å². The molecule has 0 N–H and O–H groups in total. The second kappa shape index (κ2) is 18.2. The fourth-order valence-corrected chi connectivity index (χ4v) is 22.3. The first-order valence-corrected chi connectivity index (χ1v) is 23.2. The predicted octanol–water partition coefficient (Wildman–Crippen LogP) is 5.64. The monoisotopic (exact) mass is 1140 g/mol. The summed E-state index contributed by atoms with van der Waals surface area (Å²) in [5.41, 5.74) is 0. The van der Waals surface area contributed by atoms with Crippen molar-refractivity contribution >= 4 is 111 Å². The van der Waals surface area contributed by atoms with E-state index in [0.717, 1.165) is 0 Å². The van der Waals surface area contributed by atoms with Crippen molar-refractivity contribution in [3.63, 3.8) is 0 Å². The minimum absolute atomic E-state index is 0. The van der Waals surface area contributed by atoms with Gasteiger partial charge in [0.1, 0.15) is 0 Å². The summed E-state index contributed by atoms with van der Waals surface area (Å²) in [6.45, 7) is 0. The van der Waals surface area contributed by atoms with Crippen LogP contribution in [0, 0.1) is 0 Å². The summed E-state index contributed by atoms with van der Waals surface area (Å²) in [4.78, 5) is 0. The molecule has 0 saturated carbocycles. The van der Waals surface area contributed by atoms with Crippen LogP contribution in [0.15, 0.2) is 182 Å². The average molecular weight is 1140 g/mol. The van der Waals surface area contributed by atoms with Crippen molar-refractivity contribution < 1.29 is 0 Å². The van der Waals surface area contributed by atoms with Crippen molar-refractivity contribution in [1.82, 2.24) is 0 Å². The van der Waals surface area contributed by atoms with Crippen LogP contribution in [-0.2, 0) is 0 Å². The summed E-state index contributed by atoms with van der Waals surface area (Å²) >= 11 is -4.13. The van der Waals surface area contributed by atoms with E-state index in [9.17, 15) is 0 Å². The van der Waals surface area contributed by atoms with Crippen LogP contribution in [0.3, 0.4) is 0 Å². The Morgan fingerprint density at radius 1 is 0.200 bits per heavy atom. The predicted molar refractivity (Wildman–Crippen MR) is 199 cm³/mol. The second-order valence-electron chi connectivity index (χ2n) is 8.68. The van der Waals surface area contributed by atoms with Gasteiger partial charge in [0.2, 0.25) is 0 Å². The molecule has 6 aromatic rings. The molecule has 6 rings (SSSR count). The molecule has 0 saturated heterocycles. The van der Waals surface area contributed by atoms with Crippen molar-refractivity contribution in [2.75, 3.05) is 0 Å². The summed E-state index contributed by atoms with van der Waals surface area (Å²) in [5.74, 6) is 0. The van der Waals surface area contributed by atoms with Gasteiger partial charge in [-0.15, -0.1) is 48.0 Å². The Hall–Kier alpha value is -1.45. The van der Waals surface area contributed by atoms with Gasteiger partial charge >= 0.3 is 245 Å². The van der Waals surface area contributed by atoms with E-state index >= 15 is 0 Å². The standard InChI is InChI=1S/6C6H5.2Bi.2HI/c6*1-2-4-6-5-3-1;;;;/h6*1-5H;;;2*1H. The van der Waals surface area contributed by atoms with Gasteiger partial charge in [-0.25, -0.2) is 0 Å². The minimum atomic E-state index is -2.06. The third kappa shape index (κ3) is 9.28. The third-order valence-electron chi connectivity index (χ3n) is 6.09. The molecular weight excluding hydrogens is 1100 g/mol. The Morgan fingerprint density at radius 2 is 0.325 bits per heavy atom. The Bertz CT molecular complexity index is 1180. The summed E-state index contributed by atoms with van der Waals surface area (Å²) in [5, 5.41) is 0. The summed E-state index contributed by atoms with van der Waals surface area (Å²) in [6, 6.07) is 65.9. The zero-order valence-electron chi connectivity index (χ0n) is 22.0.